The van der Waals surface area contributed by atoms with Crippen molar-refractivity contribution in [3.63, 3.8) is 0 Å². The van der Waals surface area contributed by atoms with Crippen molar-refractivity contribution < 1.29 is 8.83 Å². The van der Waals surface area contributed by atoms with Gasteiger partial charge in [-0.25, -0.2) is 9.97 Å². The Balaban J connectivity index is 0.867. The molecule has 0 unspecified atom stereocenters. The van der Waals surface area contributed by atoms with Crippen LogP contribution in [0.5, 0.6) is 0 Å². The van der Waals surface area contributed by atoms with Gasteiger partial charge < -0.3 is 13.4 Å². The second-order valence-electron chi connectivity index (χ2n) is 19.7. The summed E-state index contributed by atoms with van der Waals surface area (Å²) in [5, 5.41) is 9.08. The molecule has 0 aliphatic heterocycles. The van der Waals surface area contributed by atoms with Crippen molar-refractivity contribution in [2.45, 2.75) is 0 Å². The molecule has 76 heavy (non-hydrogen) atoms. The number of fused-ring (bicyclic) bond motifs is 12. The van der Waals surface area contributed by atoms with Crippen LogP contribution in [0.15, 0.2) is 264 Å². The van der Waals surface area contributed by atoms with Gasteiger partial charge in [0.1, 0.15) is 22.3 Å². The van der Waals surface area contributed by atoms with E-state index in [0.717, 1.165) is 138 Å². The average Bonchev–Trinajstić information content (AvgIpc) is 4.28. The molecule has 16 rings (SSSR count). The summed E-state index contributed by atoms with van der Waals surface area (Å²) in [4.78, 5) is 11.1. The molecule has 0 spiro atoms. The Morgan fingerprint density at radius 2 is 0.697 bits per heavy atom. The lowest BCUT2D eigenvalue weighted by Crippen LogP contribution is -2.04. The van der Waals surface area contributed by atoms with E-state index in [4.69, 9.17) is 18.8 Å². The summed E-state index contributed by atoms with van der Waals surface area (Å²) >= 11 is 0. The molecule has 6 nitrogen and oxygen atoms in total. The lowest BCUT2D eigenvalue weighted by Gasteiger charge is -2.15. The second-order valence-corrected chi connectivity index (χ2v) is 19.7. The van der Waals surface area contributed by atoms with Gasteiger partial charge in [0, 0.05) is 59.9 Å². The van der Waals surface area contributed by atoms with Crippen molar-refractivity contribution in [3.05, 3.63) is 255 Å². The summed E-state index contributed by atoms with van der Waals surface area (Å²) in [5.74, 6) is 0.594. The van der Waals surface area contributed by atoms with Crippen LogP contribution in [0.25, 0.3) is 155 Å². The number of benzene rings is 11. The van der Waals surface area contributed by atoms with Crippen LogP contribution < -0.4 is 0 Å². The fourth-order valence-corrected chi connectivity index (χ4v) is 11.8. The maximum atomic E-state index is 6.21. The van der Waals surface area contributed by atoms with E-state index in [2.05, 4.69) is 240 Å². The first-order valence-electron chi connectivity index (χ1n) is 25.7. The van der Waals surface area contributed by atoms with E-state index in [-0.39, 0.29) is 0 Å². The molecule has 354 valence electrons. The van der Waals surface area contributed by atoms with Gasteiger partial charge in [-0.15, -0.1) is 0 Å². The summed E-state index contributed by atoms with van der Waals surface area (Å²) in [6, 6.07) is 90.5. The first-order chi connectivity index (χ1) is 37.6. The first-order valence-corrected chi connectivity index (χ1v) is 25.7. The van der Waals surface area contributed by atoms with Crippen LogP contribution in [-0.4, -0.2) is 19.1 Å². The summed E-state index contributed by atoms with van der Waals surface area (Å²) in [6.07, 6.45) is 0. The molecule has 0 fully saturated rings. The lowest BCUT2D eigenvalue weighted by atomic mass is 9.97. The number of aromatic nitrogens is 4. The van der Waals surface area contributed by atoms with Gasteiger partial charge in [-0.3, -0.25) is 4.57 Å². The van der Waals surface area contributed by atoms with Crippen molar-refractivity contribution in [2.75, 3.05) is 0 Å². The van der Waals surface area contributed by atoms with Gasteiger partial charge >= 0.3 is 0 Å². The molecule has 5 aromatic heterocycles. The van der Waals surface area contributed by atoms with Crippen LogP contribution in [0.2, 0.25) is 0 Å². The molecule has 0 radical (unpaired) electrons. The number of para-hydroxylation sites is 4. The van der Waals surface area contributed by atoms with Crippen molar-refractivity contribution >= 4 is 87.5 Å². The van der Waals surface area contributed by atoms with E-state index in [1.54, 1.807) is 0 Å². The highest BCUT2D eigenvalue weighted by Crippen LogP contribution is 2.41. The fraction of sp³-hybridized carbons (Fsp3) is 0. The van der Waals surface area contributed by atoms with Crippen molar-refractivity contribution in [3.8, 4) is 67.5 Å². The Kier molecular flexibility index (Phi) is 9.23. The van der Waals surface area contributed by atoms with Crippen LogP contribution in [0.1, 0.15) is 0 Å². The quantitative estimate of drug-likeness (QED) is 0.160. The number of rotatable bonds is 7. The molecule has 6 heteroatoms. The normalized spacial score (nSPS) is 11.9. The standard InChI is InChI=1S/C70H42N4O2/c1-2-15-43(16-3-1)50-19-4-5-20-51(50)61-42-60(71-70(72-61)74-63-26-11-7-22-53(63)57-39-45(30-34-65(57)74)47-32-36-69-59(41-47)55-24-9-13-28-67(55)76-69)48-17-14-18-49(37-48)73-62-25-10-6-21-52(62)56-38-44(29-33-64(56)73)46-31-35-68-58(40-46)54-23-8-12-27-66(54)75-68/h1-42H. The predicted molar refractivity (Wildman–Crippen MR) is 312 cm³/mol. The Morgan fingerprint density at radius 1 is 0.250 bits per heavy atom. The van der Waals surface area contributed by atoms with E-state index >= 15 is 0 Å². The van der Waals surface area contributed by atoms with E-state index in [1.165, 1.54) is 10.8 Å². The summed E-state index contributed by atoms with van der Waals surface area (Å²) in [7, 11) is 0. The lowest BCUT2D eigenvalue weighted by molar-refractivity contribution is 0.668. The SMILES string of the molecule is c1ccc(-c2ccccc2-c2cc(-c3cccc(-n4c5ccccc5c5cc(-c6ccc7oc8ccccc8c7c6)ccc54)c3)nc(-n3c4ccccc4c4cc(-c5ccc6oc7ccccc7c6c5)ccc43)n2)cc1. The number of furan rings is 2. The molecule has 0 bridgehead atoms. The largest absolute Gasteiger partial charge is 0.456 e. The minimum Gasteiger partial charge on any atom is -0.456 e. The molecule has 16 aromatic rings. The minimum absolute atomic E-state index is 0.594. The van der Waals surface area contributed by atoms with Crippen molar-refractivity contribution in [1.29, 1.82) is 0 Å². The van der Waals surface area contributed by atoms with Gasteiger partial charge in [0.25, 0.3) is 0 Å². The second kappa shape index (κ2) is 16.6. The maximum absolute atomic E-state index is 6.21. The van der Waals surface area contributed by atoms with Gasteiger partial charge in [0.2, 0.25) is 5.95 Å². The van der Waals surface area contributed by atoms with Crippen LogP contribution in [-0.2, 0) is 0 Å². The Morgan fingerprint density at radius 3 is 1.33 bits per heavy atom. The molecule has 0 N–H and O–H groups in total. The van der Waals surface area contributed by atoms with Crippen molar-refractivity contribution in [1.82, 2.24) is 19.1 Å². The molecule has 0 saturated carbocycles. The first kappa shape index (κ1) is 42.2. The molecular weight excluding hydrogens is 929 g/mol. The third-order valence-electron chi connectivity index (χ3n) is 15.4. The number of nitrogens with zero attached hydrogens (tertiary/aromatic N) is 4. The van der Waals surface area contributed by atoms with Crippen molar-refractivity contribution in [2.24, 2.45) is 0 Å². The summed E-state index contributed by atoms with van der Waals surface area (Å²) in [6.45, 7) is 0. The summed E-state index contributed by atoms with van der Waals surface area (Å²) in [5.41, 5.74) is 19.3. The zero-order valence-corrected chi connectivity index (χ0v) is 40.9. The Bertz CT molecular complexity index is 5010. The zero-order chi connectivity index (χ0) is 49.8. The molecule has 0 saturated heterocycles. The van der Waals surface area contributed by atoms with Gasteiger partial charge in [-0.2, -0.15) is 0 Å². The minimum atomic E-state index is 0.594. The molecule has 0 amide bonds. The van der Waals surface area contributed by atoms with E-state index < -0.39 is 0 Å². The van der Waals surface area contributed by atoms with Crippen LogP contribution in [0.3, 0.4) is 0 Å². The molecule has 11 aromatic carbocycles. The third-order valence-corrected chi connectivity index (χ3v) is 15.4. The number of hydrogen-bond donors (Lipinski definition) is 0. The Hall–Kier alpha value is -10.3. The van der Waals surface area contributed by atoms with Crippen LogP contribution in [0.4, 0.5) is 0 Å². The molecule has 0 aliphatic carbocycles. The maximum Gasteiger partial charge on any atom is 0.235 e. The summed E-state index contributed by atoms with van der Waals surface area (Å²) < 4.78 is 17.0. The zero-order valence-electron chi connectivity index (χ0n) is 40.9. The monoisotopic (exact) mass is 970 g/mol. The highest BCUT2D eigenvalue weighted by atomic mass is 16.3. The van der Waals surface area contributed by atoms with Crippen LogP contribution >= 0.6 is 0 Å². The smallest absolute Gasteiger partial charge is 0.235 e. The van der Waals surface area contributed by atoms with Gasteiger partial charge in [0.05, 0.1) is 33.5 Å². The van der Waals surface area contributed by atoms with Crippen LogP contribution in [0, 0.1) is 0 Å². The third kappa shape index (κ3) is 6.61. The topological polar surface area (TPSA) is 61.9 Å². The number of hydrogen-bond acceptors (Lipinski definition) is 4. The average molecular weight is 971 g/mol. The highest BCUT2D eigenvalue weighted by molar-refractivity contribution is 6.13. The van der Waals surface area contributed by atoms with Gasteiger partial charge in [-0.05, 0) is 124 Å². The van der Waals surface area contributed by atoms with Gasteiger partial charge in [0.15, 0.2) is 0 Å². The van der Waals surface area contributed by atoms with E-state index in [1.807, 2.05) is 24.3 Å². The predicted octanol–water partition coefficient (Wildman–Crippen LogP) is 18.8. The Labute approximate surface area is 435 Å². The highest BCUT2D eigenvalue weighted by Gasteiger charge is 2.21. The fourth-order valence-electron chi connectivity index (χ4n) is 11.8. The van der Waals surface area contributed by atoms with Gasteiger partial charge in [-0.1, -0.05) is 164 Å². The molecule has 5 heterocycles. The van der Waals surface area contributed by atoms with E-state index in [9.17, 15) is 0 Å². The molecular formula is C70H42N4O2. The van der Waals surface area contributed by atoms with E-state index in [0.29, 0.717) is 5.95 Å². The molecule has 0 aliphatic rings. The molecule has 0 atom stereocenters.